The van der Waals surface area contributed by atoms with Crippen molar-refractivity contribution in [3.8, 4) is 5.75 Å². The van der Waals surface area contributed by atoms with Crippen molar-refractivity contribution in [2.75, 3.05) is 13.2 Å². The summed E-state index contributed by atoms with van der Waals surface area (Å²) in [7, 11) is -0.555. The summed E-state index contributed by atoms with van der Waals surface area (Å²) in [6.45, 7) is 14.0. The normalized spacial score (nSPS) is 18.3. The zero-order valence-electron chi connectivity index (χ0n) is 17.1. The van der Waals surface area contributed by atoms with E-state index < -0.39 is 30.0 Å². The van der Waals surface area contributed by atoms with Crippen LogP contribution >= 0.6 is 11.6 Å². The van der Waals surface area contributed by atoms with Crippen molar-refractivity contribution < 1.29 is 23.6 Å². The van der Waals surface area contributed by atoms with Crippen LogP contribution in [-0.4, -0.2) is 43.2 Å². The molecule has 8 heteroatoms. The van der Waals surface area contributed by atoms with Gasteiger partial charge in [-0.2, -0.15) is 0 Å². The Hall–Kier alpha value is -1.44. The fraction of sp³-hybridized carbons (Fsp3) is 0.632. The molecule has 1 aliphatic heterocycles. The van der Waals surface area contributed by atoms with Gasteiger partial charge >= 0.3 is 13.2 Å². The second-order valence-electron chi connectivity index (χ2n) is 8.55. The van der Waals surface area contributed by atoms with Crippen LogP contribution < -0.4 is 15.5 Å². The third kappa shape index (κ3) is 5.77. The largest absolute Gasteiger partial charge is 0.498 e. The number of hydrogen-bond donors (Lipinski definition) is 1. The number of carbonyl (C=O) groups excluding carboxylic acids is 1. The second-order valence-corrected chi connectivity index (χ2v) is 8.98. The number of ether oxygens (including phenoxy) is 2. The molecule has 0 unspecified atom stereocenters. The number of benzene rings is 1. The van der Waals surface area contributed by atoms with Crippen LogP contribution in [0.5, 0.6) is 5.75 Å². The van der Waals surface area contributed by atoms with E-state index in [0.717, 1.165) is 5.46 Å². The van der Waals surface area contributed by atoms with Crippen molar-refractivity contribution in [3.63, 3.8) is 0 Å². The molecule has 1 aliphatic rings. The first-order chi connectivity index (χ1) is 12.3. The fourth-order valence-corrected chi connectivity index (χ4v) is 2.59. The number of rotatable bonds is 5. The Morgan fingerprint density at radius 1 is 1.19 bits per heavy atom. The zero-order chi connectivity index (χ0) is 20.5. The maximum absolute atomic E-state index is 11.7. The third-order valence-electron chi connectivity index (χ3n) is 4.51. The third-order valence-corrected chi connectivity index (χ3v) is 4.75. The monoisotopic (exact) mass is 397 g/mol. The molecule has 0 saturated carbocycles. The molecule has 2 rings (SSSR count). The van der Waals surface area contributed by atoms with Crippen molar-refractivity contribution in [2.24, 2.45) is 0 Å². The lowest BCUT2D eigenvalue weighted by atomic mass is 9.78. The highest BCUT2D eigenvalue weighted by atomic mass is 35.5. The molecule has 1 amide bonds. The predicted molar refractivity (Wildman–Crippen MR) is 107 cm³/mol. The van der Waals surface area contributed by atoms with Gasteiger partial charge in [0.15, 0.2) is 0 Å². The molecule has 0 aromatic heterocycles. The summed E-state index contributed by atoms with van der Waals surface area (Å²) in [5.41, 5.74) is -0.683. The van der Waals surface area contributed by atoms with Crippen molar-refractivity contribution in [2.45, 2.75) is 65.3 Å². The summed E-state index contributed by atoms with van der Waals surface area (Å²) in [6.07, 6.45) is -0.483. The molecular weight excluding hydrogens is 368 g/mol. The molecule has 150 valence electrons. The Bertz CT molecular complexity index is 671. The van der Waals surface area contributed by atoms with E-state index in [9.17, 15) is 4.79 Å². The SMILES string of the molecule is CC(C)(C)OC(=O)NCCOc1cc(Cl)ccc1B1OC(C)(C)C(C)(C)O1. The minimum Gasteiger partial charge on any atom is -0.492 e. The highest BCUT2D eigenvalue weighted by Gasteiger charge is 2.52. The second kappa shape index (κ2) is 7.90. The number of hydrogen-bond acceptors (Lipinski definition) is 5. The molecular formula is C19H29BClNO5. The first-order valence-electron chi connectivity index (χ1n) is 9.05. The molecule has 1 saturated heterocycles. The molecule has 0 radical (unpaired) electrons. The minimum absolute atomic E-state index is 0.256. The van der Waals surface area contributed by atoms with E-state index in [2.05, 4.69) is 5.32 Å². The van der Waals surface area contributed by atoms with E-state index >= 15 is 0 Å². The first kappa shape index (κ1) is 21.9. The lowest BCUT2D eigenvalue weighted by molar-refractivity contribution is 0.00578. The van der Waals surface area contributed by atoms with Gasteiger partial charge in [0.1, 0.15) is 18.0 Å². The molecule has 1 N–H and O–H groups in total. The standard InChI is InChI=1S/C19H29BClNO5/c1-17(2,3)25-16(23)22-10-11-24-15-12-13(21)8-9-14(15)20-26-18(4,5)19(6,7)27-20/h8-9,12H,10-11H2,1-7H3,(H,22,23). The molecule has 27 heavy (non-hydrogen) atoms. The van der Waals surface area contributed by atoms with Gasteiger partial charge in [-0.25, -0.2) is 4.79 Å². The van der Waals surface area contributed by atoms with E-state index in [0.29, 0.717) is 17.3 Å². The molecule has 1 heterocycles. The predicted octanol–water partition coefficient (Wildman–Crippen LogP) is 3.54. The van der Waals surface area contributed by atoms with E-state index in [4.69, 9.17) is 30.4 Å². The van der Waals surface area contributed by atoms with Gasteiger partial charge in [0, 0.05) is 10.5 Å². The molecule has 0 bridgehead atoms. The Morgan fingerprint density at radius 2 is 1.78 bits per heavy atom. The van der Waals surface area contributed by atoms with Crippen molar-refractivity contribution >= 4 is 30.3 Å². The lowest BCUT2D eigenvalue weighted by Crippen LogP contribution is -2.41. The maximum atomic E-state index is 11.7. The summed E-state index contributed by atoms with van der Waals surface area (Å²) in [4.78, 5) is 11.7. The topological polar surface area (TPSA) is 66.0 Å². The van der Waals surface area contributed by atoms with Gasteiger partial charge in [0.05, 0.1) is 17.7 Å². The highest BCUT2D eigenvalue weighted by molar-refractivity contribution is 6.63. The van der Waals surface area contributed by atoms with Gasteiger partial charge in [-0.05, 0) is 60.6 Å². The summed E-state index contributed by atoms with van der Waals surface area (Å²) < 4.78 is 23.2. The van der Waals surface area contributed by atoms with Crippen LogP contribution in [0.1, 0.15) is 48.5 Å². The van der Waals surface area contributed by atoms with E-state index in [1.165, 1.54) is 0 Å². The number of carbonyl (C=O) groups is 1. The Labute approximate surface area is 167 Å². The van der Waals surface area contributed by atoms with Crippen LogP contribution in [0.4, 0.5) is 4.79 Å². The van der Waals surface area contributed by atoms with Crippen molar-refractivity contribution in [1.29, 1.82) is 0 Å². The van der Waals surface area contributed by atoms with Crippen LogP contribution in [-0.2, 0) is 14.0 Å². The molecule has 1 aromatic rings. The fourth-order valence-electron chi connectivity index (χ4n) is 2.43. The summed E-state index contributed by atoms with van der Waals surface area (Å²) in [5, 5.41) is 3.20. The lowest BCUT2D eigenvalue weighted by Gasteiger charge is -2.32. The minimum atomic E-state index is -0.555. The van der Waals surface area contributed by atoms with E-state index in [1.807, 2.05) is 54.5 Å². The van der Waals surface area contributed by atoms with Crippen molar-refractivity contribution in [1.82, 2.24) is 5.32 Å². The van der Waals surface area contributed by atoms with Crippen LogP contribution in [0, 0.1) is 0 Å². The zero-order valence-corrected chi connectivity index (χ0v) is 17.9. The van der Waals surface area contributed by atoms with Gasteiger partial charge in [0.25, 0.3) is 0 Å². The van der Waals surface area contributed by atoms with Crippen LogP contribution in [0.3, 0.4) is 0 Å². The maximum Gasteiger partial charge on any atom is 0.498 e. The first-order valence-corrected chi connectivity index (χ1v) is 9.43. The Kier molecular flexibility index (Phi) is 6.39. The molecule has 1 fully saturated rings. The van der Waals surface area contributed by atoms with E-state index in [-0.39, 0.29) is 6.61 Å². The smallest absolute Gasteiger partial charge is 0.492 e. The van der Waals surface area contributed by atoms with Gasteiger partial charge in [-0.15, -0.1) is 0 Å². The summed E-state index contributed by atoms with van der Waals surface area (Å²) in [5.74, 6) is 0.562. The quantitative estimate of drug-likeness (QED) is 0.608. The number of nitrogens with one attached hydrogen (secondary N) is 1. The number of alkyl carbamates (subject to hydrolysis) is 1. The summed E-state index contributed by atoms with van der Waals surface area (Å²) in [6, 6.07) is 5.32. The van der Waals surface area contributed by atoms with Crippen LogP contribution in [0.25, 0.3) is 0 Å². The van der Waals surface area contributed by atoms with Crippen LogP contribution in [0.15, 0.2) is 18.2 Å². The Balaban J connectivity index is 2.00. The average Bonchev–Trinajstić information content (AvgIpc) is 2.70. The van der Waals surface area contributed by atoms with Gasteiger partial charge in [-0.3, -0.25) is 0 Å². The number of amides is 1. The highest BCUT2D eigenvalue weighted by Crippen LogP contribution is 2.37. The van der Waals surface area contributed by atoms with Gasteiger partial charge in [0.2, 0.25) is 0 Å². The Morgan fingerprint density at radius 3 is 2.33 bits per heavy atom. The molecule has 6 nitrogen and oxygen atoms in total. The molecule has 0 spiro atoms. The molecule has 0 aliphatic carbocycles. The van der Waals surface area contributed by atoms with Gasteiger partial charge < -0.3 is 24.1 Å². The molecule has 1 aromatic carbocycles. The van der Waals surface area contributed by atoms with Crippen LogP contribution in [0.2, 0.25) is 5.02 Å². The average molecular weight is 398 g/mol. The molecule has 0 atom stereocenters. The van der Waals surface area contributed by atoms with Gasteiger partial charge in [-0.1, -0.05) is 17.7 Å². The van der Waals surface area contributed by atoms with Crippen molar-refractivity contribution in [3.05, 3.63) is 23.2 Å². The summed E-state index contributed by atoms with van der Waals surface area (Å²) >= 11 is 6.12. The number of halogens is 1. The van der Waals surface area contributed by atoms with E-state index in [1.54, 1.807) is 12.1 Å².